The highest BCUT2D eigenvalue weighted by Crippen LogP contribution is 2.20. The largest absolute Gasteiger partial charge is 0.0921 e. The number of halogens is 2. The standard InChI is InChI=1S/C10H12Br2/c1-8-2-4-9(5-3-8)10(6-11)7-12/h2-5,10H,6-7H2,1H3. The highest BCUT2D eigenvalue weighted by atomic mass is 79.9. The van der Waals surface area contributed by atoms with Crippen molar-refractivity contribution in [2.45, 2.75) is 12.8 Å². The lowest BCUT2D eigenvalue weighted by Gasteiger charge is -2.10. The van der Waals surface area contributed by atoms with Crippen LogP contribution in [0.4, 0.5) is 0 Å². The molecule has 0 aliphatic rings. The van der Waals surface area contributed by atoms with Crippen LogP contribution in [-0.2, 0) is 0 Å². The number of hydrogen-bond acceptors (Lipinski definition) is 0. The Balaban J connectivity index is 2.80. The molecule has 66 valence electrons. The van der Waals surface area contributed by atoms with E-state index in [2.05, 4.69) is 63.0 Å². The lowest BCUT2D eigenvalue weighted by atomic mass is 10.0. The fourth-order valence-electron chi connectivity index (χ4n) is 1.06. The van der Waals surface area contributed by atoms with Crippen molar-refractivity contribution in [1.82, 2.24) is 0 Å². The summed E-state index contributed by atoms with van der Waals surface area (Å²) in [4.78, 5) is 0. The van der Waals surface area contributed by atoms with Crippen LogP contribution in [-0.4, -0.2) is 10.7 Å². The monoisotopic (exact) mass is 290 g/mol. The summed E-state index contributed by atoms with van der Waals surface area (Å²) >= 11 is 7.00. The fourth-order valence-corrected chi connectivity index (χ4v) is 2.88. The van der Waals surface area contributed by atoms with Gasteiger partial charge in [0.2, 0.25) is 0 Å². The minimum absolute atomic E-state index is 0.589. The van der Waals surface area contributed by atoms with E-state index in [9.17, 15) is 0 Å². The molecule has 0 nitrogen and oxygen atoms in total. The molecule has 1 aromatic rings. The average molecular weight is 292 g/mol. The number of hydrogen-bond donors (Lipinski definition) is 0. The van der Waals surface area contributed by atoms with Gasteiger partial charge in [-0.2, -0.15) is 0 Å². The van der Waals surface area contributed by atoms with Gasteiger partial charge in [-0.1, -0.05) is 61.7 Å². The molecule has 0 N–H and O–H groups in total. The molecule has 0 saturated carbocycles. The maximum absolute atomic E-state index is 3.50. The van der Waals surface area contributed by atoms with E-state index < -0.39 is 0 Å². The van der Waals surface area contributed by atoms with Crippen LogP contribution in [0.2, 0.25) is 0 Å². The van der Waals surface area contributed by atoms with E-state index in [1.807, 2.05) is 0 Å². The molecule has 0 amide bonds. The topological polar surface area (TPSA) is 0 Å². The SMILES string of the molecule is Cc1ccc(C(CBr)CBr)cc1. The first kappa shape index (κ1) is 10.3. The van der Waals surface area contributed by atoms with Gasteiger partial charge in [-0.25, -0.2) is 0 Å². The summed E-state index contributed by atoms with van der Waals surface area (Å²) in [7, 11) is 0. The van der Waals surface area contributed by atoms with Crippen molar-refractivity contribution in [3.63, 3.8) is 0 Å². The van der Waals surface area contributed by atoms with Crippen LogP contribution < -0.4 is 0 Å². The van der Waals surface area contributed by atoms with Gasteiger partial charge in [0, 0.05) is 16.6 Å². The molecule has 0 aliphatic heterocycles. The second kappa shape index (κ2) is 5.03. The third-order valence-electron chi connectivity index (χ3n) is 1.92. The summed E-state index contributed by atoms with van der Waals surface area (Å²) in [6, 6.07) is 8.71. The Labute approximate surface area is 90.6 Å². The lowest BCUT2D eigenvalue weighted by molar-refractivity contribution is 0.909. The first-order valence-corrected chi connectivity index (χ1v) is 6.20. The third kappa shape index (κ3) is 2.60. The van der Waals surface area contributed by atoms with Gasteiger partial charge in [0.05, 0.1) is 0 Å². The summed E-state index contributed by atoms with van der Waals surface area (Å²) in [6.45, 7) is 2.11. The zero-order chi connectivity index (χ0) is 8.97. The second-order valence-corrected chi connectivity index (χ2v) is 4.21. The number of benzene rings is 1. The van der Waals surface area contributed by atoms with Crippen LogP contribution in [0, 0.1) is 6.92 Å². The lowest BCUT2D eigenvalue weighted by Crippen LogP contribution is -2.00. The summed E-state index contributed by atoms with van der Waals surface area (Å²) in [6.07, 6.45) is 0. The Hall–Kier alpha value is 0.180. The van der Waals surface area contributed by atoms with Crippen LogP contribution in [0.5, 0.6) is 0 Å². The maximum atomic E-state index is 3.50. The van der Waals surface area contributed by atoms with Crippen LogP contribution in [0.25, 0.3) is 0 Å². The van der Waals surface area contributed by atoms with Gasteiger partial charge in [-0.05, 0) is 12.5 Å². The quantitative estimate of drug-likeness (QED) is 0.742. The molecule has 0 atom stereocenters. The Bertz CT molecular complexity index is 224. The number of aryl methyl sites for hydroxylation is 1. The molecule has 0 spiro atoms. The minimum atomic E-state index is 0.589. The molecule has 2 heteroatoms. The zero-order valence-electron chi connectivity index (χ0n) is 7.06. The molecule has 0 aliphatic carbocycles. The Morgan fingerprint density at radius 1 is 1.08 bits per heavy atom. The van der Waals surface area contributed by atoms with E-state index in [0.29, 0.717) is 5.92 Å². The van der Waals surface area contributed by atoms with Crippen molar-refractivity contribution in [3.05, 3.63) is 35.4 Å². The van der Waals surface area contributed by atoms with Crippen LogP contribution in [0.15, 0.2) is 24.3 Å². The molecule has 1 aromatic carbocycles. The Morgan fingerprint density at radius 3 is 2.00 bits per heavy atom. The highest BCUT2D eigenvalue weighted by Gasteiger charge is 2.06. The van der Waals surface area contributed by atoms with E-state index in [1.54, 1.807) is 0 Å². The zero-order valence-corrected chi connectivity index (χ0v) is 10.2. The maximum Gasteiger partial charge on any atom is 0.0108 e. The summed E-state index contributed by atoms with van der Waals surface area (Å²) < 4.78 is 0. The summed E-state index contributed by atoms with van der Waals surface area (Å²) in [5.74, 6) is 0.589. The molecular weight excluding hydrogens is 280 g/mol. The van der Waals surface area contributed by atoms with Gasteiger partial charge in [-0.15, -0.1) is 0 Å². The molecule has 0 fully saturated rings. The van der Waals surface area contributed by atoms with Crippen LogP contribution in [0.1, 0.15) is 17.0 Å². The molecule has 0 saturated heterocycles. The van der Waals surface area contributed by atoms with Gasteiger partial charge >= 0.3 is 0 Å². The number of alkyl halides is 2. The van der Waals surface area contributed by atoms with Crippen molar-refractivity contribution in [2.75, 3.05) is 10.7 Å². The molecule has 0 unspecified atom stereocenters. The van der Waals surface area contributed by atoms with Crippen molar-refractivity contribution >= 4 is 31.9 Å². The van der Waals surface area contributed by atoms with E-state index in [4.69, 9.17) is 0 Å². The minimum Gasteiger partial charge on any atom is -0.0921 e. The van der Waals surface area contributed by atoms with Gasteiger partial charge in [-0.3, -0.25) is 0 Å². The Morgan fingerprint density at radius 2 is 1.58 bits per heavy atom. The highest BCUT2D eigenvalue weighted by molar-refractivity contribution is 9.09. The van der Waals surface area contributed by atoms with Gasteiger partial charge < -0.3 is 0 Å². The molecular formula is C10H12Br2. The first-order chi connectivity index (χ1) is 5.77. The molecule has 1 rings (SSSR count). The van der Waals surface area contributed by atoms with Gasteiger partial charge in [0.15, 0.2) is 0 Å². The third-order valence-corrected chi connectivity index (χ3v) is 3.48. The molecule has 0 aromatic heterocycles. The molecule has 12 heavy (non-hydrogen) atoms. The van der Waals surface area contributed by atoms with Crippen molar-refractivity contribution < 1.29 is 0 Å². The van der Waals surface area contributed by atoms with E-state index in [-0.39, 0.29) is 0 Å². The Kier molecular flexibility index (Phi) is 4.30. The molecule has 0 bridgehead atoms. The van der Waals surface area contributed by atoms with Crippen molar-refractivity contribution in [3.8, 4) is 0 Å². The predicted octanol–water partition coefficient (Wildman–Crippen LogP) is 3.87. The first-order valence-electron chi connectivity index (χ1n) is 3.96. The normalized spacial score (nSPS) is 10.7. The summed E-state index contributed by atoms with van der Waals surface area (Å²) in [5, 5.41) is 2.03. The van der Waals surface area contributed by atoms with E-state index in [0.717, 1.165) is 10.7 Å². The number of rotatable bonds is 3. The van der Waals surface area contributed by atoms with Gasteiger partial charge in [0.1, 0.15) is 0 Å². The van der Waals surface area contributed by atoms with Crippen LogP contribution >= 0.6 is 31.9 Å². The van der Waals surface area contributed by atoms with Gasteiger partial charge in [0.25, 0.3) is 0 Å². The fraction of sp³-hybridized carbons (Fsp3) is 0.400. The second-order valence-electron chi connectivity index (χ2n) is 2.92. The van der Waals surface area contributed by atoms with E-state index in [1.165, 1.54) is 11.1 Å². The smallest absolute Gasteiger partial charge is 0.0108 e. The molecule has 0 radical (unpaired) electrons. The van der Waals surface area contributed by atoms with Crippen molar-refractivity contribution in [2.24, 2.45) is 0 Å². The van der Waals surface area contributed by atoms with E-state index >= 15 is 0 Å². The average Bonchev–Trinajstić information content (AvgIpc) is 2.10. The van der Waals surface area contributed by atoms with Crippen molar-refractivity contribution in [1.29, 1.82) is 0 Å². The predicted molar refractivity (Wildman–Crippen MR) is 61.5 cm³/mol. The summed E-state index contributed by atoms with van der Waals surface area (Å²) in [5.41, 5.74) is 2.72. The van der Waals surface area contributed by atoms with Crippen LogP contribution in [0.3, 0.4) is 0 Å². The molecule has 0 heterocycles.